The van der Waals surface area contributed by atoms with Gasteiger partial charge in [-0.1, -0.05) is 19.1 Å². The molecule has 0 spiro atoms. The molecule has 32 heavy (non-hydrogen) atoms. The second kappa shape index (κ2) is 10.6. The summed E-state index contributed by atoms with van der Waals surface area (Å²) in [5.41, 5.74) is 1.04. The Morgan fingerprint density at radius 3 is 2.47 bits per heavy atom. The van der Waals surface area contributed by atoms with E-state index in [1.54, 1.807) is 42.4 Å². The first-order valence-corrected chi connectivity index (χ1v) is 11.3. The number of anilines is 1. The van der Waals surface area contributed by atoms with E-state index in [1.807, 2.05) is 13.8 Å². The summed E-state index contributed by atoms with van der Waals surface area (Å²) in [6.45, 7) is 8.03. The van der Waals surface area contributed by atoms with E-state index < -0.39 is 5.97 Å². The molecule has 1 aromatic heterocycles. The molecule has 1 heterocycles. The van der Waals surface area contributed by atoms with Crippen LogP contribution >= 0.6 is 0 Å². The molecule has 0 N–H and O–H groups in total. The van der Waals surface area contributed by atoms with Gasteiger partial charge in [0.25, 0.3) is 0 Å². The maximum absolute atomic E-state index is 13.5. The van der Waals surface area contributed by atoms with Crippen LogP contribution in [-0.4, -0.2) is 34.3 Å². The lowest BCUT2D eigenvalue weighted by molar-refractivity contribution is -0.123. The summed E-state index contributed by atoms with van der Waals surface area (Å²) >= 11 is 0. The maximum atomic E-state index is 13.5. The van der Waals surface area contributed by atoms with Crippen molar-refractivity contribution in [3.8, 4) is 0 Å². The smallest absolute Gasteiger partial charge is 0.343 e. The molecular formula is C25H32FN3O3. The minimum atomic E-state index is -0.514. The largest absolute Gasteiger partial charge is 0.462 e. The Morgan fingerprint density at radius 2 is 1.88 bits per heavy atom. The minimum absolute atomic E-state index is 0.00483. The summed E-state index contributed by atoms with van der Waals surface area (Å²) in [6, 6.07) is 5.89. The maximum Gasteiger partial charge on any atom is 0.343 e. The van der Waals surface area contributed by atoms with E-state index in [4.69, 9.17) is 4.74 Å². The molecule has 7 heteroatoms. The molecule has 0 atom stereocenters. The molecular weight excluding hydrogens is 409 g/mol. The molecule has 0 unspecified atom stereocenters. The molecule has 1 fully saturated rings. The van der Waals surface area contributed by atoms with Gasteiger partial charge in [-0.15, -0.1) is 5.10 Å². The summed E-state index contributed by atoms with van der Waals surface area (Å²) in [6.07, 6.45) is 8.76. The number of esters is 1. The zero-order valence-electron chi connectivity index (χ0n) is 19.3. The van der Waals surface area contributed by atoms with Gasteiger partial charge in [-0.25, -0.2) is 13.9 Å². The molecule has 0 saturated heterocycles. The Bertz CT molecular complexity index is 957. The van der Waals surface area contributed by atoms with Crippen LogP contribution in [0.2, 0.25) is 0 Å². The van der Waals surface area contributed by atoms with Crippen molar-refractivity contribution in [2.75, 3.05) is 11.5 Å². The van der Waals surface area contributed by atoms with Gasteiger partial charge in [0.15, 0.2) is 5.82 Å². The van der Waals surface area contributed by atoms with Gasteiger partial charge in [0.2, 0.25) is 5.91 Å². The van der Waals surface area contributed by atoms with Crippen molar-refractivity contribution in [2.24, 2.45) is 11.8 Å². The zero-order valence-corrected chi connectivity index (χ0v) is 19.3. The predicted molar refractivity (Wildman–Crippen MR) is 124 cm³/mol. The highest BCUT2D eigenvalue weighted by atomic mass is 19.1. The highest BCUT2D eigenvalue weighted by molar-refractivity contribution is 6.02. The number of rotatable bonds is 7. The van der Waals surface area contributed by atoms with E-state index in [0.29, 0.717) is 11.7 Å². The third kappa shape index (κ3) is 5.64. The van der Waals surface area contributed by atoms with Gasteiger partial charge in [-0.2, -0.15) is 0 Å². The number of amides is 1. The fourth-order valence-electron chi connectivity index (χ4n) is 4.03. The van der Waals surface area contributed by atoms with Gasteiger partial charge in [-0.05, 0) is 76.1 Å². The highest BCUT2D eigenvalue weighted by Gasteiger charge is 2.34. The van der Waals surface area contributed by atoms with Crippen molar-refractivity contribution in [1.29, 1.82) is 0 Å². The van der Waals surface area contributed by atoms with Crippen LogP contribution in [-0.2, 0) is 9.53 Å². The van der Waals surface area contributed by atoms with Gasteiger partial charge in [0, 0.05) is 24.4 Å². The van der Waals surface area contributed by atoms with Crippen LogP contribution in [0.15, 0.2) is 30.5 Å². The van der Waals surface area contributed by atoms with Crippen LogP contribution in [0.3, 0.4) is 0 Å². The zero-order chi connectivity index (χ0) is 23.3. The number of benzene rings is 1. The molecule has 1 aromatic carbocycles. The molecule has 1 amide bonds. The average Bonchev–Trinajstić information content (AvgIpc) is 3.17. The van der Waals surface area contributed by atoms with Crippen LogP contribution in [0.5, 0.6) is 0 Å². The molecule has 172 valence electrons. The van der Waals surface area contributed by atoms with Crippen molar-refractivity contribution in [1.82, 2.24) is 9.78 Å². The Kier molecular flexibility index (Phi) is 7.83. The highest BCUT2D eigenvalue weighted by Crippen LogP contribution is 2.32. The Morgan fingerprint density at radius 1 is 1.22 bits per heavy atom. The summed E-state index contributed by atoms with van der Waals surface area (Å²) in [7, 11) is 0. The van der Waals surface area contributed by atoms with Gasteiger partial charge >= 0.3 is 5.97 Å². The normalized spacial score (nSPS) is 18.8. The summed E-state index contributed by atoms with van der Waals surface area (Å²) in [5.74, 6) is 0.0630. The Hall–Kier alpha value is -2.96. The molecule has 1 aliphatic carbocycles. The monoisotopic (exact) mass is 441 g/mol. The van der Waals surface area contributed by atoms with Gasteiger partial charge < -0.3 is 4.74 Å². The Labute approximate surface area is 189 Å². The quantitative estimate of drug-likeness (QED) is 0.540. The van der Waals surface area contributed by atoms with Crippen molar-refractivity contribution in [2.45, 2.75) is 59.4 Å². The second-order valence-electron chi connectivity index (χ2n) is 8.69. The van der Waals surface area contributed by atoms with Gasteiger partial charge in [0.1, 0.15) is 11.4 Å². The SMILES string of the molecule is CCOC(=O)c1cn(/C=C/c2ccc(F)cc2)nc1N(C(=O)C1CCC(C)CC1)C(C)C. The summed E-state index contributed by atoms with van der Waals surface area (Å²) < 4.78 is 19.9. The van der Waals surface area contributed by atoms with Crippen LogP contribution in [0.25, 0.3) is 12.3 Å². The number of nitrogens with zero attached hydrogens (tertiary/aromatic N) is 3. The van der Waals surface area contributed by atoms with Crippen LogP contribution < -0.4 is 4.90 Å². The molecule has 0 radical (unpaired) electrons. The number of carbonyl (C=O) groups is 2. The fraction of sp³-hybridized carbons (Fsp3) is 0.480. The molecule has 3 rings (SSSR count). The lowest BCUT2D eigenvalue weighted by atomic mass is 9.82. The van der Waals surface area contributed by atoms with E-state index in [-0.39, 0.29) is 35.9 Å². The van der Waals surface area contributed by atoms with E-state index in [2.05, 4.69) is 12.0 Å². The van der Waals surface area contributed by atoms with Gasteiger partial charge in [-0.3, -0.25) is 9.69 Å². The molecule has 0 aliphatic heterocycles. The first-order chi connectivity index (χ1) is 15.3. The second-order valence-corrected chi connectivity index (χ2v) is 8.69. The fourth-order valence-corrected chi connectivity index (χ4v) is 4.03. The molecule has 1 saturated carbocycles. The lowest BCUT2D eigenvalue weighted by Gasteiger charge is -2.32. The minimum Gasteiger partial charge on any atom is -0.462 e. The summed E-state index contributed by atoms with van der Waals surface area (Å²) in [4.78, 5) is 27.8. The van der Waals surface area contributed by atoms with Crippen molar-refractivity contribution in [3.05, 3.63) is 47.4 Å². The standard InChI is InChI=1S/C25H32FN3O3/c1-5-32-25(31)22-16-28(15-14-19-8-12-21(26)13-9-19)27-23(22)29(17(2)3)24(30)20-10-6-18(4)7-11-20/h8-9,12-18,20H,5-7,10-11H2,1-4H3/b15-14+. The lowest BCUT2D eigenvalue weighted by Crippen LogP contribution is -2.43. The molecule has 1 aliphatic rings. The van der Waals surface area contributed by atoms with Crippen molar-refractivity contribution in [3.63, 3.8) is 0 Å². The Balaban J connectivity index is 1.94. The topological polar surface area (TPSA) is 64.4 Å². The number of hydrogen-bond donors (Lipinski definition) is 0. The van der Waals surface area contributed by atoms with Crippen LogP contribution in [0.1, 0.15) is 69.3 Å². The average molecular weight is 442 g/mol. The third-order valence-electron chi connectivity index (χ3n) is 5.84. The number of hydrogen-bond acceptors (Lipinski definition) is 4. The molecule has 0 bridgehead atoms. The van der Waals surface area contributed by atoms with E-state index in [1.165, 1.54) is 16.8 Å². The number of carbonyl (C=O) groups excluding carboxylic acids is 2. The predicted octanol–water partition coefficient (Wildman–Crippen LogP) is 5.39. The first-order valence-electron chi connectivity index (χ1n) is 11.3. The van der Waals surface area contributed by atoms with E-state index in [9.17, 15) is 14.0 Å². The van der Waals surface area contributed by atoms with Crippen LogP contribution in [0, 0.1) is 17.7 Å². The van der Waals surface area contributed by atoms with Crippen molar-refractivity contribution < 1.29 is 18.7 Å². The van der Waals surface area contributed by atoms with E-state index >= 15 is 0 Å². The molecule has 6 nitrogen and oxygen atoms in total. The number of ether oxygens (including phenoxy) is 1. The van der Waals surface area contributed by atoms with E-state index in [0.717, 1.165) is 31.2 Å². The first kappa shape index (κ1) is 23.7. The van der Waals surface area contributed by atoms with Crippen molar-refractivity contribution >= 4 is 30.0 Å². The molecule has 2 aromatic rings. The number of halogens is 1. The third-order valence-corrected chi connectivity index (χ3v) is 5.84. The van der Waals surface area contributed by atoms with Gasteiger partial charge in [0.05, 0.1) is 6.61 Å². The summed E-state index contributed by atoms with van der Waals surface area (Å²) in [5, 5.41) is 4.56. The van der Waals surface area contributed by atoms with Crippen LogP contribution in [0.4, 0.5) is 10.2 Å². The number of aromatic nitrogens is 2.